The number of piperazine rings is 1. The fourth-order valence-electron chi connectivity index (χ4n) is 2.26. The van der Waals surface area contributed by atoms with E-state index in [0.717, 1.165) is 6.07 Å². The van der Waals surface area contributed by atoms with Gasteiger partial charge in [-0.15, -0.1) is 6.42 Å². The Balaban J connectivity index is 2.24. The van der Waals surface area contributed by atoms with Crippen LogP contribution in [0.1, 0.15) is 5.56 Å². The Bertz CT molecular complexity index is 674. The van der Waals surface area contributed by atoms with Crippen molar-refractivity contribution in [1.29, 1.82) is 0 Å². The number of nitrogens with zero attached hydrogens (tertiary/aromatic N) is 2. The number of aryl methyl sites for hydroxylation is 1. The lowest BCUT2D eigenvalue weighted by Crippen LogP contribution is -2.48. The van der Waals surface area contributed by atoms with Crippen LogP contribution in [0.25, 0.3) is 0 Å². The largest absolute Gasteiger partial charge is 0.398 e. The summed E-state index contributed by atoms with van der Waals surface area (Å²) in [7, 11) is -3.87. The second-order valence-electron chi connectivity index (χ2n) is 5.02. The number of terminal acetylenes is 1. The van der Waals surface area contributed by atoms with E-state index in [4.69, 9.17) is 12.2 Å². The van der Waals surface area contributed by atoms with E-state index in [2.05, 4.69) is 5.92 Å². The molecule has 1 aliphatic heterocycles. The lowest BCUT2D eigenvalue weighted by Gasteiger charge is -2.33. The lowest BCUT2D eigenvalue weighted by molar-refractivity contribution is 0.206. The minimum Gasteiger partial charge on any atom is -0.398 e. The van der Waals surface area contributed by atoms with Crippen LogP contribution in [0, 0.1) is 25.1 Å². The second kappa shape index (κ2) is 6.02. The molecule has 0 atom stereocenters. The Labute approximate surface area is 124 Å². The number of nitrogen functional groups attached to an aromatic ring is 1. The molecule has 2 N–H and O–H groups in total. The molecule has 1 fully saturated rings. The predicted octanol–water partition coefficient (Wildman–Crippen LogP) is 0.656. The van der Waals surface area contributed by atoms with Gasteiger partial charge in [0.25, 0.3) is 0 Å². The molecule has 1 heterocycles. The van der Waals surface area contributed by atoms with E-state index in [0.29, 0.717) is 25.2 Å². The summed E-state index contributed by atoms with van der Waals surface area (Å²) in [6.07, 6.45) is 5.23. The Kier molecular flexibility index (Phi) is 4.52. The fraction of sp³-hybridized carbons (Fsp3) is 0.429. The summed E-state index contributed by atoms with van der Waals surface area (Å²) < 4.78 is 40.3. The Morgan fingerprint density at radius 3 is 2.52 bits per heavy atom. The quantitative estimate of drug-likeness (QED) is 0.658. The van der Waals surface area contributed by atoms with Crippen LogP contribution < -0.4 is 5.73 Å². The van der Waals surface area contributed by atoms with Gasteiger partial charge in [-0.05, 0) is 24.6 Å². The second-order valence-corrected chi connectivity index (χ2v) is 6.93. The summed E-state index contributed by atoms with van der Waals surface area (Å²) in [4.78, 5) is 1.61. The molecule has 0 aliphatic carbocycles. The molecule has 1 saturated heterocycles. The number of benzene rings is 1. The summed E-state index contributed by atoms with van der Waals surface area (Å²) in [5.41, 5.74) is 6.48. The van der Waals surface area contributed by atoms with Crippen molar-refractivity contribution in [3.05, 3.63) is 23.5 Å². The van der Waals surface area contributed by atoms with Crippen molar-refractivity contribution < 1.29 is 12.8 Å². The zero-order valence-corrected chi connectivity index (χ0v) is 12.7. The molecule has 7 heteroatoms. The van der Waals surface area contributed by atoms with E-state index in [9.17, 15) is 12.8 Å². The van der Waals surface area contributed by atoms with Crippen molar-refractivity contribution in [2.45, 2.75) is 11.8 Å². The van der Waals surface area contributed by atoms with Gasteiger partial charge in [0.05, 0.1) is 6.54 Å². The third-order valence-corrected chi connectivity index (χ3v) is 5.50. The maximum Gasteiger partial charge on any atom is 0.246 e. The highest BCUT2D eigenvalue weighted by molar-refractivity contribution is 7.89. The molecule has 21 heavy (non-hydrogen) atoms. The first-order chi connectivity index (χ1) is 9.86. The Hall–Kier alpha value is -1.62. The SMILES string of the molecule is C#CCN1CCN(S(=O)(=O)c2cc(N)c(C)cc2F)CC1. The number of halogens is 1. The third kappa shape index (κ3) is 3.18. The standard InChI is InChI=1S/C14H18FN3O2S/c1-3-4-17-5-7-18(8-6-17)21(19,20)14-10-13(16)11(2)9-12(14)15/h1,9-10H,4-8,16H2,2H3. The molecular formula is C14H18FN3O2S. The van der Waals surface area contributed by atoms with E-state index >= 15 is 0 Å². The van der Waals surface area contributed by atoms with Crippen molar-refractivity contribution in [2.75, 3.05) is 38.5 Å². The van der Waals surface area contributed by atoms with Gasteiger partial charge in [-0.2, -0.15) is 4.31 Å². The first kappa shape index (κ1) is 15.8. The van der Waals surface area contributed by atoms with E-state index < -0.39 is 15.8 Å². The van der Waals surface area contributed by atoms with Crippen LogP contribution in [-0.2, 0) is 10.0 Å². The highest BCUT2D eigenvalue weighted by Gasteiger charge is 2.30. The van der Waals surface area contributed by atoms with Gasteiger partial charge in [0.2, 0.25) is 10.0 Å². The van der Waals surface area contributed by atoms with Crippen LogP contribution in [0.15, 0.2) is 17.0 Å². The fourth-order valence-corrected chi connectivity index (χ4v) is 3.77. The Morgan fingerprint density at radius 2 is 1.95 bits per heavy atom. The van der Waals surface area contributed by atoms with E-state index in [1.54, 1.807) is 6.92 Å². The van der Waals surface area contributed by atoms with E-state index in [1.165, 1.54) is 10.4 Å². The molecule has 5 nitrogen and oxygen atoms in total. The molecule has 1 aromatic carbocycles. The number of nitrogens with two attached hydrogens (primary N) is 1. The average Bonchev–Trinajstić information content (AvgIpc) is 2.43. The van der Waals surface area contributed by atoms with Gasteiger partial charge in [-0.25, -0.2) is 12.8 Å². The minimum absolute atomic E-state index is 0.265. The van der Waals surface area contributed by atoms with Crippen LogP contribution in [0.4, 0.5) is 10.1 Å². The van der Waals surface area contributed by atoms with Crippen LogP contribution in [0.3, 0.4) is 0 Å². The Morgan fingerprint density at radius 1 is 1.33 bits per heavy atom. The van der Waals surface area contributed by atoms with Crippen molar-refractivity contribution in [2.24, 2.45) is 0 Å². The monoisotopic (exact) mass is 311 g/mol. The van der Waals surface area contributed by atoms with E-state index in [-0.39, 0.29) is 23.7 Å². The normalized spacial score (nSPS) is 17.6. The topological polar surface area (TPSA) is 66.6 Å². The van der Waals surface area contributed by atoms with Crippen molar-refractivity contribution in [1.82, 2.24) is 9.21 Å². The van der Waals surface area contributed by atoms with Gasteiger partial charge in [0.1, 0.15) is 10.7 Å². The predicted molar refractivity (Wildman–Crippen MR) is 79.6 cm³/mol. The summed E-state index contributed by atoms with van der Waals surface area (Å²) in [5, 5.41) is 0. The molecule has 0 saturated carbocycles. The number of anilines is 1. The van der Waals surface area contributed by atoms with Gasteiger partial charge >= 0.3 is 0 Å². The van der Waals surface area contributed by atoms with Crippen LogP contribution in [0.5, 0.6) is 0 Å². The molecule has 1 aliphatic rings. The smallest absolute Gasteiger partial charge is 0.246 e. The van der Waals surface area contributed by atoms with Gasteiger partial charge < -0.3 is 5.73 Å². The average molecular weight is 311 g/mol. The zero-order valence-electron chi connectivity index (χ0n) is 11.8. The van der Waals surface area contributed by atoms with Crippen molar-refractivity contribution in [3.8, 4) is 12.3 Å². The molecule has 0 spiro atoms. The van der Waals surface area contributed by atoms with Crippen LogP contribution in [0.2, 0.25) is 0 Å². The molecule has 0 radical (unpaired) electrons. The number of sulfonamides is 1. The summed E-state index contributed by atoms with van der Waals surface area (Å²) >= 11 is 0. The zero-order chi connectivity index (χ0) is 15.6. The number of hydrogen-bond donors (Lipinski definition) is 1. The first-order valence-corrected chi connectivity index (χ1v) is 8.02. The molecule has 2 rings (SSSR count). The van der Waals surface area contributed by atoms with Crippen LogP contribution >= 0.6 is 0 Å². The van der Waals surface area contributed by atoms with Gasteiger partial charge in [-0.1, -0.05) is 5.92 Å². The van der Waals surface area contributed by atoms with Gasteiger partial charge in [0, 0.05) is 31.9 Å². The lowest BCUT2D eigenvalue weighted by atomic mass is 10.2. The first-order valence-electron chi connectivity index (χ1n) is 6.58. The maximum atomic E-state index is 14.0. The van der Waals surface area contributed by atoms with Crippen molar-refractivity contribution in [3.63, 3.8) is 0 Å². The van der Waals surface area contributed by atoms with Gasteiger partial charge in [0.15, 0.2) is 0 Å². The van der Waals surface area contributed by atoms with Crippen molar-refractivity contribution >= 4 is 15.7 Å². The molecule has 0 unspecified atom stereocenters. The minimum atomic E-state index is -3.87. The summed E-state index contributed by atoms with van der Waals surface area (Å²) in [6, 6.07) is 2.34. The summed E-state index contributed by atoms with van der Waals surface area (Å²) in [5.74, 6) is 1.76. The number of rotatable bonds is 3. The molecule has 1 aromatic rings. The molecule has 0 amide bonds. The highest BCUT2D eigenvalue weighted by atomic mass is 32.2. The molecule has 0 aromatic heterocycles. The summed E-state index contributed by atoms with van der Waals surface area (Å²) in [6.45, 7) is 3.76. The third-order valence-electron chi connectivity index (χ3n) is 3.58. The number of hydrogen-bond acceptors (Lipinski definition) is 4. The molecular weight excluding hydrogens is 293 g/mol. The van der Waals surface area contributed by atoms with E-state index in [1.807, 2.05) is 4.90 Å². The van der Waals surface area contributed by atoms with Crippen LogP contribution in [-0.4, -0.2) is 50.3 Å². The maximum absolute atomic E-state index is 14.0. The highest BCUT2D eigenvalue weighted by Crippen LogP contribution is 2.25. The van der Waals surface area contributed by atoms with Gasteiger partial charge in [-0.3, -0.25) is 4.90 Å². The molecule has 114 valence electrons. The molecule has 0 bridgehead atoms.